The highest BCUT2D eigenvalue weighted by molar-refractivity contribution is 6.13. The summed E-state index contributed by atoms with van der Waals surface area (Å²) in [5.41, 5.74) is 9.80. The van der Waals surface area contributed by atoms with E-state index in [0.29, 0.717) is 5.88 Å². The first-order chi connectivity index (χ1) is 20.3. The van der Waals surface area contributed by atoms with Crippen LogP contribution in [-0.4, -0.2) is 15.0 Å². The van der Waals surface area contributed by atoms with Gasteiger partial charge in [-0.3, -0.25) is 0 Å². The van der Waals surface area contributed by atoms with Crippen LogP contribution >= 0.6 is 0 Å². The average molecular weight is 529 g/mol. The summed E-state index contributed by atoms with van der Waals surface area (Å²) in [7, 11) is 0. The summed E-state index contributed by atoms with van der Waals surface area (Å²) in [5.74, 6) is 2.17. The Morgan fingerprint density at radius 2 is 1.29 bits per heavy atom. The normalized spacial score (nSPS) is 12.0. The molecule has 0 atom stereocenters. The number of hydrogen-bond acceptors (Lipinski definition) is 4. The molecule has 0 saturated carbocycles. The summed E-state index contributed by atoms with van der Waals surface area (Å²) < 4.78 is 6.17. The lowest BCUT2D eigenvalue weighted by molar-refractivity contribution is 0.467. The molecule has 3 aromatic heterocycles. The van der Waals surface area contributed by atoms with E-state index in [4.69, 9.17) is 4.74 Å². The van der Waals surface area contributed by atoms with Crippen molar-refractivity contribution in [2.24, 2.45) is 0 Å². The van der Waals surface area contributed by atoms with E-state index in [-0.39, 0.29) is 0 Å². The summed E-state index contributed by atoms with van der Waals surface area (Å²) in [6.45, 7) is 0. The first-order valence-electron chi connectivity index (χ1n) is 13.6. The maximum Gasteiger partial charge on any atom is 0.219 e. The molecule has 4 aromatic carbocycles. The molecule has 0 aliphatic carbocycles. The van der Waals surface area contributed by atoms with E-state index in [9.17, 15) is 0 Å². The molecule has 0 spiro atoms. The number of nitrogens with zero attached hydrogens (tertiary/aromatic N) is 2. The third-order valence-corrected chi connectivity index (χ3v) is 7.59. The van der Waals surface area contributed by atoms with Crippen LogP contribution in [0.15, 0.2) is 122 Å². The van der Waals surface area contributed by atoms with Gasteiger partial charge in [0.2, 0.25) is 5.88 Å². The molecule has 5 nitrogen and oxygen atoms in total. The third kappa shape index (κ3) is 4.03. The zero-order valence-electron chi connectivity index (χ0n) is 22.0. The van der Waals surface area contributed by atoms with E-state index in [0.717, 1.165) is 72.4 Å². The monoisotopic (exact) mass is 528 g/mol. The number of benzene rings is 4. The van der Waals surface area contributed by atoms with Crippen LogP contribution in [0.2, 0.25) is 0 Å². The summed E-state index contributed by atoms with van der Waals surface area (Å²) in [6, 6.07) is 37.4. The lowest BCUT2D eigenvalue weighted by Crippen LogP contribution is -1.98. The molecule has 194 valence electrons. The first kappa shape index (κ1) is 23.2. The second kappa shape index (κ2) is 9.50. The van der Waals surface area contributed by atoms with Gasteiger partial charge in [-0.05, 0) is 47.0 Å². The minimum absolute atomic E-state index is 0.565. The topological polar surface area (TPSA) is 62.8 Å². The summed E-state index contributed by atoms with van der Waals surface area (Å²) in [4.78, 5) is 12.6. The van der Waals surface area contributed by atoms with Crippen molar-refractivity contribution in [2.45, 2.75) is 0 Å². The number of anilines is 2. The van der Waals surface area contributed by atoms with Crippen LogP contribution in [0.25, 0.3) is 56.2 Å². The quantitative estimate of drug-likeness (QED) is 0.239. The van der Waals surface area contributed by atoms with Gasteiger partial charge in [0.25, 0.3) is 0 Å². The van der Waals surface area contributed by atoms with E-state index in [1.54, 1.807) is 6.20 Å². The highest BCUT2D eigenvalue weighted by atomic mass is 16.5. The minimum Gasteiger partial charge on any atom is -0.437 e. The van der Waals surface area contributed by atoms with Gasteiger partial charge in [-0.15, -0.1) is 0 Å². The molecular formula is C36H24N4O. The van der Waals surface area contributed by atoms with Crippen LogP contribution in [0.3, 0.4) is 0 Å². The molecule has 0 fully saturated rings. The second-order valence-corrected chi connectivity index (χ2v) is 10.1. The fourth-order valence-corrected chi connectivity index (χ4v) is 5.66. The zero-order valence-corrected chi connectivity index (χ0v) is 22.0. The van der Waals surface area contributed by atoms with Crippen molar-refractivity contribution in [3.05, 3.63) is 133 Å². The molecule has 7 aromatic rings. The van der Waals surface area contributed by atoms with Gasteiger partial charge in [-0.1, -0.05) is 84.9 Å². The summed E-state index contributed by atoms with van der Waals surface area (Å²) >= 11 is 0. The number of para-hydroxylation sites is 3. The molecule has 1 aliphatic rings. The van der Waals surface area contributed by atoms with Gasteiger partial charge in [0.05, 0.1) is 16.7 Å². The predicted octanol–water partition coefficient (Wildman–Crippen LogP) is 9.46. The Bertz CT molecular complexity index is 2110. The molecule has 0 amide bonds. The van der Waals surface area contributed by atoms with E-state index >= 15 is 0 Å². The van der Waals surface area contributed by atoms with Gasteiger partial charge in [-0.25, -0.2) is 9.97 Å². The number of aromatic nitrogens is 3. The lowest BCUT2D eigenvalue weighted by atomic mass is 9.95. The van der Waals surface area contributed by atoms with Crippen molar-refractivity contribution in [1.29, 1.82) is 0 Å². The second-order valence-electron chi connectivity index (χ2n) is 10.1. The highest BCUT2D eigenvalue weighted by Crippen LogP contribution is 2.41. The smallest absolute Gasteiger partial charge is 0.219 e. The van der Waals surface area contributed by atoms with Crippen LogP contribution in [-0.2, 0) is 0 Å². The highest BCUT2D eigenvalue weighted by Gasteiger charge is 2.17. The fourth-order valence-electron chi connectivity index (χ4n) is 5.66. The molecule has 0 bridgehead atoms. The molecular weight excluding hydrogens is 504 g/mol. The van der Waals surface area contributed by atoms with Gasteiger partial charge in [0.15, 0.2) is 5.75 Å². The number of fused-ring (bicyclic) bond motifs is 5. The predicted molar refractivity (Wildman–Crippen MR) is 167 cm³/mol. The molecule has 41 heavy (non-hydrogen) atoms. The molecule has 5 heteroatoms. The van der Waals surface area contributed by atoms with Crippen LogP contribution < -0.4 is 10.1 Å². The fraction of sp³-hybridized carbons (Fsp3) is 0. The Balaban J connectivity index is 1.24. The average Bonchev–Trinajstić information content (AvgIpc) is 3.31. The molecule has 0 unspecified atom stereocenters. The molecule has 4 heterocycles. The summed E-state index contributed by atoms with van der Waals surface area (Å²) in [5, 5.41) is 5.87. The number of rotatable bonds is 4. The van der Waals surface area contributed by atoms with Crippen molar-refractivity contribution >= 4 is 45.5 Å². The van der Waals surface area contributed by atoms with Crippen molar-refractivity contribution in [2.75, 3.05) is 5.32 Å². The number of pyridine rings is 2. The van der Waals surface area contributed by atoms with Crippen LogP contribution in [0, 0.1) is 0 Å². The van der Waals surface area contributed by atoms with Gasteiger partial charge in [-0.2, -0.15) is 0 Å². The minimum atomic E-state index is 0.565. The van der Waals surface area contributed by atoms with E-state index in [2.05, 4.69) is 105 Å². The molecule has 0 saturated heterocycles. The Hall–Kier alpha value is -5.68. The Morgan fingerprint density at radius 1 is 0.561 bits per heavy atom. The number of H-pyrrole nitrogens is 1. The molecule has 1 aliphatic heterocycles. The van der Waals surface area contributed by atoms with Crippen LogP contribution in [0.5, 0.6) is 11.6 Å². The number of hydrogen-bond donors (Lipinski definition) is 2. The van der Waals surface area contributed by atoms with Crippen LogP contribution in [0.4, 0.5) is 11.5 Å². The molecule has 8 rings (SSSR count). The maximum absolute atomic E-state index is 6.17. The van der Waals surface area contributed by atoms with Crippen molar-refractivity contribution < 1.29 is 4.74 Å². The van der Waals surface area contributed by atoms with Gasteiger partial charge < -0.3 is 15.0 Å². The Kier molecular flexibility index (Phi) is 5.38. The van der Waals surface area contributed by atoms with Crippen molar-refractivity contribution in [3.63, 3.8) is 0 Å². The van der Waals surface area contributed by atoms with Gasteiger partial charge in [0, 0.05) is 45.9 Å². The van der Waals surface area contributed by atoms with Crippen LogP contribution in [0.1, 0.15) is 11.1 Å². The van der Waals surface area contributed by atoms with Gasteiger partial charge >= 0.3 is 0 Å². The Morgan fingerprint density at radius 3 is 2.20 bits per heavy atom. The van der Waals surface area contributed by atoms with Gasteiger partial charge in [0.1, 0.15) is 5.82 Å². The lowest BCUT2D eigenvalue weighted by Gasteiger charge is -2.15. The van der Waals surface area contributed by atoms with E-state index in [1.165, 1.54) is 0 Å². The SMILES string of the molecule is C1=Cc2cccc(-c3cccc(-c4cccc5c4[nH]c4c(Oc6ccccn6)cccc45)c3)c2Nc2ncccc21. The van der Waals surface area contributed by atoms with Crippen molar-refractivity contribution in [3.8, 4) is 33.9 Å². The zero-order chi connectivity index (χ0) is 27.2. The number of aromatic amines is 1. The third-order valence-electron chi connectivity index (χ3n) is 7.59. The summed E-state index contributed by atoms with van der Waals surface area (Å²) in [6.07, 6.45) is 7.82. The standard InChI is InChI=1S/C36H24N4O/c1-2-20-37-32(17-1)41-31-16-6-15-30-29-14-5-13-28(34(29)39-35(30)31)26-10-3-9-25(22-26)27-12-4-8-23-18-19-24-11-7-21-38-36(24)40-33(23)27/h1-22,39H,(H,38,40). The Labute approximate surface area is 236 Å². The first-order valence-corrected chi connectivity index (χ1v) is 13.6. The largest absolute Gasteiger partial charge is 0.437 e. The van der Waals surface area contributed by atoms with Crippen molar-refractivity contribution in [1.82, 2.24) is 15.0 Å². The number of ether oxygens (including phenoxy) is 1. The number of nitrogens with one attached hydrogen (secondary N) is 2. The van der Waals surface area contributed by atoms with E-state index in [1.807, 2.05) is 42.6 Å². The van der Waals surface area contributed by atoms with E-state index < -0.39 is 0 Å². The molecule has 2 N–H and O–H groups in total. The molecule has 0 radical (unpaired) electrons. The maximum atomic E-state index is 6.17.